The maximum Gasteiger partial charge on any atom is 0.303 e. The molecular formula is C95H132N20O21S. The number of rotatable bonds is 29. The van der Waals surface area contributed by atoms with Crippen LogP contribution in [0.15, 0.2) is 97.7 Å². The van der Waals surface area contributed by atoms with E-state index in [9.17, 15) is 48.9 Å². The van der Waals surface area contributed by atoms with Gasteiger partial charge in [-0.05, 0) is 105 Å². The number of nitrogens with one attached hydrogen (secondary N) is 10. The number of Topliss-reactive ketones (excluding diaryl/α,β-unsaturated/α-hetero) is 3. The number of para-hydroxylation sites is 2. The molecule has 3 aromatic carbocycles. The average Bonchev–Trinajstić information content (AvgIpc) is 1.64. The summed E-state index contributed by atoms with van der Waals surface area (Å²) in [5.41, 5.74) is 26.7. The van der Waals surface area contributed by atoms with E-state index in [-0.39, 0.29) is 114 Å². The Balaban J connectivity index is 1.12. The summed E-state index contributed by atoms with van der Waals surface area (Å²) in [6.07, 6.45) is 0.231. The Labute approximate surface area is 798 Å². The second-order valence-electron chi connectivity index (χ2n) is 36.1. The van der Waals surface area contributed by atoms with Gasteiger partial charge in [-0.1, -0.05) is 102 Å². The van der Waals surface area contributed by atoms with Crippen LogP contribution in [0.25, 0.3) is 21.8 Å². The minimum absolute atomic E-state index is 0.0258. The van der Waals surface area contributed by atoms with E-state index in [1.807, 2.05) is 13.8 Å². The molecule has 137 heavy (non-hydrogen) atoms. The summed E-state index contributed by atoms with van der Waals surface area (Å²) < 4.78 is 0. The van der Waals surface area contributed by atoms with Crippen molar-refractivity contribution in [2.45, 2.75) is 254 Å². The number of nitrogens with two attached hydrogens (primary N) is 4. The number of H-pyrrole nitrogens is 3. The van der Waals surface area contributed by atoms with Crippen LogP contribution in [0.3, 0.4) is 0 Å². The van der Waals surface area contributed by atoms with Gasteiger partial charge in [0.2, 0.25) is 82.7 Å². The van der Waals surface area contributed by atoms with E-state index >= 15 is 52.7 Å². The number of fused-ring (bicyclic) bond motifs is 4. The van der Waals surface area contributed by atoms with Gasteiger partial charge in [0.05, 0.1) is 36.2 Å². The molecule has 0 spiro atoms. The molecule has 0 saturated carbocycles. The predicted molar refractivity (Wildman–Crippen MR) is 506 cm³/mol. The van der Waals surface area contributed by atoms with Gasteiger partial charge < -0.3 is 115 Å². The molecule has 0 aliphatic carbocycles. The molecule has 14 amide bonds. The summed E-state index contributed by atoms with van der Waals surface area (Å²) in [7, 11) is 2.79. The molecule has 0 bridgehead atoms. The van der Waals surface area contributed by atoms with Crippen LogP contribution in [0.1, 0.15) is 173 Å². The third-order valence-electron chi connectivity index (χ3n) is 25.3. The van der Waals surface area contributed by atoms with Crippen molar-refractivity contribution in [3.05, 3.63) is 120 Å². The number of carboxylic acids is 1. The van der Waals surface area contributed by atoms with E-state index in [2.05, 4.69) is 57.2 Å². The highest BCUT2D eigenvalue weighted by Crippen LogP contribution is 2.30. The Morgan fingerprint density at radius 3 is 1.72 bits per heavy atom. The number of imidazole rings is 1. The number of aromatic hydroxyl groups is 1. The highest BCUT2D eigenvalue weighted by atomic mass is 32.2. The number of benzene rings is 3. The number of carbonyl (C=O) groups is 18. The molecule has 3 aliphatic heterocycles. The number of carbonyl (C=O) groups excluding carboxylic acids is 17. The first-order chi connectivity index (χ1) is 65.3. The van der Waals surface area contributed by atoms with Crippen LogP contribution in [0.5, 0.6) is 5.75 Å². The quantitative estimate of drug-likeness (QED) is 0.0308. The van der Waals surface area contributed by atoms with Crippen LogP contribution in [-0.2, 0) is 112 Å². The molecule has 6 heterocycles. The van der Waals surface area contributed by atoms with Crippen molar-refractivity contribution in [2.24, 2.45) is 40.7 Å². The van der Waals surface area contributed by atoms with Crippen LogP contribution in [-0.4, -0.2) is 303 Å². The van der Waals surface area contributed by atoms with Crippen molar-refractivity contribution in [3.8, 4) is 5.75 Å². The van der Waals surface area contributed by atoms with Crippen molar-refractivity contribution >= 4 is 140 Å². The molecule has 3 fully saturated rings. The number of phenols is 1. The lowest BCUT2D eigenvalue weighted by Crippen LogP contribution is -2.61. The Kier molecular flexibility index (Phi) is 40.7. The third kappa shape index (κ3) is 30.3. The number of aliphatic carboxylic acids is 1. The van der Waals surface area contributed by atoms with Gasteiger partial charge in [-0.25, -0.2) is 4.98 Å². The van der Waals surface area contributed by atoms with Crippen molar-refractivity contribution in [3.63, 3.8) is 0 Å². The molecule has 3 aliphatic rings. The van der Waals surface area contributed by atoms with Crippen LogP contribution in [0.4, 0.5) is 0 Å². The molecule has 41 nitrogen and oxygen atoms in total. The number of likely N-dealkylation sites (N-methyl/N-ethyl adjacent to an activating group) is 2. The summed E-state index contributed by atoms with van der Waals surface area (Å²) in [4.78, 5) is 284. The maximum atomic E-state index is 15.9. The Morgan fingerprint density at radius 1 is 0.555 bits per heavy atom. The second kappa shape index (κ2) is 51.8. The number of nitrogens with zero attached hydrogens (tertiary/aromatic N) is 6. The van der Waals surface area contributed by atoms with E-state index < -0.39 is 260 Å². The molecule has 0 unspecified atom stereocenters. The lowest BCUT2D eigenvalue weighted by Gasteiger charge is -2.36. The van der Waals surface area contributed by atoms with E-state index in [1.54, 1.807) is 74.8 Å². The number of amides is 14. The molecular weight excluding hydrogens is 1790 g/mol. The van der Waals surface area contributed by atoms with Crippen molar-refractivity contribution in [1.29, 1.82) is 0 Å². The second-order valence-corrected chi connectivity index (χ2v) is 37.1. The average molecular weight is 1920 g/mol. The van der Waals surface area contributed by atoms with Gasteiger partial charge in [-0.2, -0.15) is 11.8 Å². The van der Waals surface area contributed by atoms with Gasteiger partial charge in [0.15, 0.2) is 11.6 Å². The summed E-state index contributed by atoms with van der Waals surface area (Å²) in [5.74, 6) is -20.1. The molecule has 9 rings (SSSR count). The number of unbranched alkanes of at least 4 members (excludes halogenated alkanes) is 2. The molecule has 6 aromatic rings. The lowest BCUT2D eigenvalue weighted by molar-refractivity contribution is -0.149. The number of ketones is 3. The fraction of sp³-hybridized carbons (Fsp3) is 0.547. The van der Waals surface area contributed by atoms with Crippen LogP contribution < -0.4 is 60.2 Å². The number of hydrogen-bond acceptors (Lipinski definition) is 24. The van der Waals surface area contributed by atoms with Gasteiger partial charge in [0, 0.05) is 169 Å². The van der Waals surface area contributed by atoms with E-state index in [0.29, 0.717) is 64.2 Å². The zero-order valence-corrected chi connectivity index (χ0v) is 79.4. The van der Waals surface area contributed by atoms with Gasteiger partial charge in [-0.15, -0.1) is 0 Å². The first-order valence-corrected chi connectivity index (χ1v) is 47.9. The summed E-state index contributed by atoms with van der Waals surface area (Å²) in [6.45, 7) is 7.13. The van der Waals surface area contributed by atoms with Crippen molar-refractivity contribution in [1.82, 2.24) is 81.7 Å². The highest BCUT2D eigenvalue weighted by molar-refractivity contribution is 7.99. The largest absolute Gasteiger partial charge is 0.508 e. The van der Waals surface area contributed by atoms with Crippen molar-refractivity contribution in [2.75, 3.05) is 58.3 Å². The smallest absolute Gasteiger partial charge is 0.303 e. The number of thioether (sulfide) groups is 1. The Morgan fingerprint density at radius 2 is 1.12 bits per heavy atom. The zero-order valence-electron chi connectivity index (χ0n) is 78.6. The molecule has 15 atom stereocenters. The Bertz CT molecular complexity index is 5260. The SMILES string of the molecule is CCCC[C@H]1C(=O)N(C)[C@@H](CCCC)C(=O)N[C@@H](CC(C)C)C(=O)C[C@H](C(=O)CCC(N)=O)CSCC(=O)N[C@@H](Cc2ccc(O)cc2)C(=O)N(CCN)[C@@H](C)C(=O)C[C@@H](CC(N)=O)C(=O)N2CCC[C@H]2C(=O)N[C@@H](Cc2cnc[nH]2)C(=O)N[C@@H](CCC(=O)O)C(=O)N2C[C@H](O)C[C@H]2C(=O)N[C@@H](Cc2c[nH]c3ccccc23)C(=O)N[C@@H](CCN)C(=O)N[C@@H](Cc2c[nH]c3ccccc23)C(=O)N1C. The number of aromatic amines is 3. The standard InChI is InChI=1S/C95H132N20O21S/c1-8-10-21-74-88(129)107-69(37-53(3)4)80(120)42-59(78(118)29-30-81(98)121)50-137-51-83(123)104-72(38-55-24-26-61(116)27-25-55)94(135)113(36-34-97)54(5)79(119)41-56(43-82(99)122)91(132)114-35-16-23-75(114)89(130)109-71(44-60-48-100-52-103-60)87(128)106-68(28-31-84(124)125)93(134)115-49-62(117)45-77(115)90(131)108-70(39-57-46-101-65-19-14-12-17-63(57)65)86(127)105-67(32-33-96)85(126)110-73(40-58-47-102-66-20-15-13-18-64(58)66)92(133)112(7)76(22-11-9-2)95(136)111(74)6/h12-15,17-20,24-27,46-48,52-54,56,59,62,67-77,101-102,116-117H,8-11,16,21-23,28-45,49-51,96-97H2,1-7H3,(H2,98,121)(H2,99,122)(H,100,103)(H,104,123)(H,105,127)(H,106,128)(H,107,129)(H,108,131)(H,109,130)(H,110,126)(H,124,125)/t54-,56-,59-,62+,67-,68-,69-,70-,71-,72-,73-,74-,75-,76-,77-/m0/s1. The van der Waals surface area contributed by atoms with E-state index in [1.165, 1.54) is 67.6 Å². The lowest BCUT2D eigenvalue weighted by atomic mass is 9.90. The number of aliphatic hydroxyl groups excluding tert-OH is 1. The molecule has 0 radical (unpaired) electrons. The minimum Gasteiger partial charge on any atom is -0.508 e. The van der Waals surface area contributed by atoms with Gasteiger partial charge in [-0.3, -0.25) is 86.3 Å². The summed E-state index contributed by atoms with van der Waals surface area (Å²) >= 11 is 0.890. The molecule has 3 saturated heterocycles. The fourth-order valence-electron chi connectivity index (χ4n) is 17.8. The minimum atomic E-state index is -1.83. The van der Waals surface area contributed by atoms with Gasteiger partial charge in [0.25, 0.3) is 0 Å². The molecule has 21 N–H and O–H groups in total. The number of phenolic OH excluding ortho intramolecular Hbond substituents is 1. The number of primary amides is 2. The van der Waals surface area contributed by atoms with E-state index in [0.717, 1.165) is 26.5 Å². The van der Waals surface area contributed by atoms with Crippen LogP contribution >= 0.6 is 11.8 Å². The molecule has 42 heteroatoms. The predicted octanol–water partition coefficient (Wildman–Crippen LogP) is 0.772. The normalized spacial score (nSPS) is 24.8. The fourth-order valence-corrected chi connectivity index (χ4v) is 18.8. The third-order valence-corrected chi connectivity index (χ3v) is 26.4. The number of aliphatic hydroxyl groups is 1. The number of hydrogen-bond donors (Lipinski definition) is 17. The van der Waals surface area contributed by atoms with Crippen LogP contribution in [0.2, 0.25) is 0 Å². The van der Waals surface area contributed by atoms with Crippen LogP contribution in [0, 0.1) is 17.8 Å². The topological polar surface area (TPSA) is 633 Å². The zero-order chi connectivity index (χ0) is 100. The van der Waals surface area contributed by atoms with Gasteiger partial charge >= 0.3 is 5.97 Å². The summed E-state index contributed by atoms with van der Waals surface area (Å²) in [6, 6.07) is 1.58. The first kappa shape index (κ1) is 108. The van der Waals surface area contributed by atoms with Gasteiger partial charge in [0.1, 0.15) is 72.0 Å². The Hall–Kier alpha value is -13.0. The highest BCUT2D eigenvalue weighted by Gasteiger charge is 2.47. The number of carboxylic acid groups (broad SMARTS) is 1. The number of aromatic nitrogens is 4. The van der Waals surface area contributed by atoms with Crippen molar-refractivity contribution < 1.29 is 102 Å². The summed E-state index contributed by atoms with van der Waals surface area (Å²) in [5, 5.41) is 52.4. The molecule has 744 valence electrons. The first-order valence-electron chi connectivity index (χ1n) is 46.8. The van der Waals surface area contributed by atoms with E-state index in [4.69, 9.17) is 22.9 Å². The monoisotopic (exact) mass is 1920 g/mol. The molecule has 3 aromatic heterocycles. The maximum absolute atomic E-state index is 15.9.